The van der Waals surface area contributed by atoms with Gasteiger partial charge in [-0.2, -0.15) is 0 Å². The molecule has 0 unspecified atom stereocenters. The van der Waals surface area contributed by atoms with Crippen LogP contribution < -0.4 is 4.74 Å². The van der Waals surface area contributed by atoms with E-state index in [-0.39, 0.29) is 28.3 Å². The number of ether oxygens (including phenoxy) is 1. The van der Waals surface area contributed by atoms with Crippen molar-refractivity contribution in [3.05, 3.63) is 88.7 Å². The number of Topliss-reactive ketones (excluding diaryl/α,β-unsaturated/α-hetero) is 1. The highest BCUT2D eigenvalue weighted by Gasteiger charge is 2.46. The van der Waals surface area contributed by atoms with E-state index in [4.69, 9.17) is 16.3 Å². The Morgan fingerprint density at radius 2 is 2.00 bits per heavy atom. The minimum absolute atomic E-state index is 0.128. The van der Waals surface area contributed by atoms with E-state index >= 15 is 0 Å². The third kappa shape index (κ3) is 4.54. The molecule has 0 saturated carbocycles. The smallest absolute Gasteiger partial charge is 0.295 e. The molecule has 9 heteroatoms. The maximum absolute atomic E-state index is 14.9. The number of imidazole rings is 1. The number of carbonyl (C=O) groups excluding carboxylic acids is 2. The summed E-state index contributed by atoms with van der Waals surface area (Å²) < 4.78 is 22.1. The Labute approximate surface area is 201 Å². The number of aliphatic hydroxyl groups excluding tert-OH is 1. The van der Waals surface area contributed by atoms with Gasteiger partial charge in [0.15, 0.2) is 0 Å². The van der Waals surface area contributed by atoms with Crippen LogP contribution in [0.15, 0.2) is 66.8 Å². The van der Waals surface area contributed by atoms with Crippen LogP contribution in [0.4, 0.5) is 4.39 Å². The van der Waals surface area contributed by atoms with Gasteiger partial charge in [0.05, 0.1) is 29.6 Å². The van der Waals surface area contributed by atoms with Gasteiger partial charge in [-0.1, -0.05) is 29.8 Å². The maximum atomic E-state index is 14.9. The van der Waals surface area contributed by atoms with Crippen molar-refractivity contribution in [1.82, 2.24) is 14.5 Å². The first-order chi connectivity index (χ1) is 16.4. The Balaban J connectivity index is 1.75. The van der Waals surface area contributed by atoms with Gasteiger partial charge in [-0.25, -0.2) is 9.37 Å². The van der Waals surface area contributed by atoms with Crippen molar-refractivity contribution in [2.24, 2.45) is 0 Å². The van der Waals surface area contributed by atoms with E-state index in [2.05, 4.69) is 4.98 Å². The zero-order valence-electron chi connectivity index (χ0n) is 18.4. The zero-order chi connectivity index (χ0) is 24.2. The molecule has 0 aliphatic carbocycles. The number of hydrogen-bond acceptors (Lipinski definition) is 5. The predicted octanol–water partition coefficient (Wildman–Crippen LogP) is 4.59. The van der Waals surface area contributed by atoms with Crippen LogP contribution in [0.2, 0.25) is 5.02 Å². The third-order valence-electron chi connectivity index (χ3n) is 5.62. The molecule has 4 rings (SSSR count). The van der Waals surface area contributed by atoms with Gasteiger partial charge in [0.2, 0.25) is 0 Å². The number of ketones is 1. The Kier molecular flexibility index (Phi) is 6.98. The molecule has 7 nitrogen and oxygen atoms in total. The molecule has 176 valence electrons. The van der Waals surface area contributed by atoms with Gasteiger partial charge in [-0.05, 0) is 37.6 Å². The first kappa shape index (κ1) is 23.5. The van der Waals surface area contributed by atoms with E-state index < -0.39 is 29.3 Å². The summed E-state index contributed by atoms with van der Waals surface area (Å²) in [7, 11) is 0. The SMILES string of the molecule is CCOc1ccc(/C(O)=C2\C(=O)C(=O)N(CCCn3ccnc3)[C@H]2c2ccccc2F)cc1Cl. The summed E-state index contributed by atoms with van der Waals surface area (Å²) in [5, 5.41) is 11.4. The van der Waals surface area contributed by atoms with Gasteiger partial charge in [0.1, 0.15) is 17.3 Å². The van der Waals surface area contributed by atoms with Crippen LogP contribution in [0.3, 0.4) is 0 Å². The van der Waals surface area contributed by atoms with Crippen molar-refractivity contribution in [1.29, 1.82) is 0 Å². The van der Waals surface area contributed by atoms with Gasteiger partial charge in [-0.3, -0.25) is 9.59 Å². The maximum Gasteiger partial charge on any atom is 0.295 e. The topological polar surface area (TPSA) is 84.7 Å². The molecule has 1 atom stereocenters. The van der Waals surface area contributed by atoms with E-state index in [1.807, 2.05) is 11.5 Å². The van der Waals surface area contributed by atoms with Crippen LogP contribution in [-0.2, 0) is 16.1 Å². The van der Waals surface area contributed by atoms with Crippen molar-refractivity contribution in [3.8, 4) is 5.75 Å². The minimum atomic E-state index is -1.07. The van der Waals surface area contributed by atoms with Crippen LogP contribution in [0.25, 0.3) is 5.76 Å². The first-order valence-corrected chi connectivity index (χ1v) is 11.2. The highest BCUT2D eigenvalue weighted by atomic mass is 35.5. The highest BCUT2D eigenvalue weighted by Crippen LogP contribution is 2.41. The number of rotatable bonds is 8. The molecule has 2 aromatic carbocycles. The van der Waals surface area contributed by atoms with Gasteiger partial charge >= 0.3 is 0 Å². The summed E-state index contributed by atoms with van der Waals surface area (Å²) in [5.41, 5.74) is 0.173. The van der Waals surface area contributed by atoms with Gasteiger partial charge in [0, 0.05) is 36.6 Å². The summed E-state index contributed by atoms with van der Waals surface area (Å²) in [5.74, 6) is -2.25. The molecule has 1 saturated heterocycles. The summed E-state index contributed by atoms with van der Waals surface area (Å²) in [6.45, 7) is 2.96. The largest absolute Gasteiger partial charge is 0.507 e. The molecule has 34 heavy (non-hydrogen) atoms. The fourth-order valence-electron chi connectivity index (χ4n) is 4.05. The molecular formula is C25H23ClFN3O4. The average Bonchev–Trinajstić information content (AvgIpc) is 3.43. The number of carbonyl (C=O) groups is 2. The second kappa shape index (κ2) is 10.1. The van der Waals surface area contributed by atoms with Gasteiger partial charge < -0.3 is 19.3 Å². The number of aliphatic hydroxyl groups is 1. The van der Waals surface area contributed by atoms with E-state index in [1.165, 1.54) is 35.2 Å². The van der Waals surface area contributed by atoms with Gasteiger partial charge in [-0.15, -0.1) is 0 Å². The number of aryl methyl sites for hydroxylation is 1. The first-order valence-electron chi connectivity index (χ1n) is 10.8. The van der Waals surface area contributed by atoms with Crippen molar-refractivity contribution < 1.29 is 23.8 Å². The van der Waals surface area contributed by atoms with Crippen LogP contribution in [0.1, 0.15) is 30.5 Å². The minimum Gasteiger partial charge on any atom is -0.507 e. The number of hydrogen-bond donors (Lipinski definition) is 1. The summed E-state index contributed by atoms with van der Waals surface area (Å²) >= 11 is 6.26. The van der Waals surface area contributed by atoms with Crippen LogP contribution in [-0.4, -0.2) is 44.4 Å². The number of halogens is 2. The average molecular weight is 484 g/mol. The van der Waals surface area contributed by atoms with E-state index in [1.54, 1.807) is 30.9 Å². The van der Waals surface area contributed by atoms with E-state index in [9.17, 15) is 19.1 Å². The molecule has 0 spiro atoms. The molecule has 1 N–H and O–H groups in total. The fraction of sp³-hybridized carbons (Fsp3) is 0.240. The molecule has 1 amide bonds. The normalized spacial score (nSPS) is 17.4. The van der Waals surface area contributed by atoms with Gasteiger partial charge in [0.25, 0.3) is 11.7 Å². The molecule has 1 aromatic heterocycles. The molecule has 2 heterocycles. The number of benzene rings is 2. The summed E-state index contributed by atoms with van der Waals surface area (Å²) in [6, 6.07) is 9.40. The molecule has 1 aliphatic rings. The number of aromatic nitrogens is 2. The van der Waals surface area contributed by atoms with Crippen LogP contribution in [0.5, 0.6) is 5.75 Å². The summed E-state index contributed by atoms with van der Waals surface area (Å²) in [4.78, 5) is 31.3. The predicted molar refractivity (Wildman–Crippen MR) is 125 cm³/mol. The number of likely N-dealkylation sites (tertiary alicyclic amines) is 1. The van der Waals surface area contributed by atoms with Crippen molar-refractivity contribution in [3.63, 3.8) is 0 Å². The van der Waals surface area contributed by atoms with E-state index in [0.717, 1.165) is 0 Å². The van der Waals surface area contributed by atoms with Crippen LogP contribution >= 0.6 is 11.6 Å². The lowest BCUT2D eigenvalue weighted by Gasteiger charge is -2.25. The molecule has 3 aromatic rings. The Hall–Kier alpha value is -3.65. The zero-order valence-corrected chi connectivity index (χ0v) is 19.2. The number of nitrogens with zero attached hydrogens (tertiary/aromatic N) is 3. The Morgan fingerprint density at radius 3 is 2.68 bits per heavy atom. The molecule has 1 fully saturated rings. The molecule has 1 aliphatic heterocycles. The quantitative estimate of drug-likeness (QED) is 0.288. The standard InChI is InChI=1S/C25H23ClFN3O4/c1-2-34-20-9-8-16(14-18(20)26)23(31)21-22(17-6-3-4-7-19(17)27)30(25(33)24(21)32)12-5-11-29-13-10-28-15-29/h3-4,6-10,13-15,22,31H,2,5,11-12H2,1H3/b23-21+/t22-/m0/s1. The van der Waals surface area contributed by atoms with Crippen molar-refractivity contribution in [2.75, 3.05) is 13.2 Å². The molecular weight excluding hydrogens is 461 g/mol. The molecule has 0 radical (unpaired) electrons. The highest BCUT2D eigenvalue weighted by molar-refractivity contribution is 6.46. The third-order valence-corrected chi connectivity index (χ3v) is 5.91. The number of amides is 1. The van der Waals surface area contributed by atoms with E-state index in [0.29, 0.717) is 25.3 Å². The fourth-order valence-corrected chi connectivity index (χ4v) is 4.28. The lowest BCUT2D eigenvalue weighted by atomic mass is 9.95. The monoisotopic (exact) mass is 483 g/mol. The van der Waals surface area contributed by atoms with Crippen molar-refractivity contribution in [2.45, 2.75) is 25.9 Å². The van der Waals surface area contributed by atoms with Crippen LogP contribution in [0, 0.1) is 5.82 Å². The second-order valence-corrected chi connectivity index (χ2v) is 8.15. The lowest BCUT2D eigenvalue weighted by Crippen LogP contribution is -2.31. The Bertz CT molecular complexity index is 1240. The lowest BCUT2D eigenvalue weighted by molar-refractivity contribution is -0.140. The molecule has 0 bridgehead atoms. The van der Waals surface area contributed by atoms with Crippen molar-refractivity contribution >= 4 is 29.1 Å². The Morgan fingerprint density at radius 1 is 1.21 bits per heavy atom. The second-order valence-electron chi connectivity index (χ2n) is 7.75. The summed E-state index contributed by atoms with van der Waals surface area (Å²) in [6.07, 6.45) is 5.59.